The molecule has 3 atom stereocenters. The van der Waals surface area contributed by atoms with Gasteiger partial charge in [0, 0.05) is 12.6 Å². The van der Waals surface area contributed by atoms with Crippen LogP contribution in [-0.2, 0) is 4.79 Å². The van der Waals surface area contributed by atoms with Crippen LogP contribution in [-0.4, -0.2) is 40.6 Å². The first kappa shape index (κ1) is 12.4. The summed E-state index contributed by atoms with van der Waals surface area (Å²) in [6, 6.07) is -0.923. The van der Waals surface area contributed by atoms with E-state index < -0.39 is 11.9 Å². The van der Waals surface area contributed by atoms with Crippen molar-refractivity contribution in [2.75, 3.05) is 6.54 Å². The number of carboxylic acid groups (broad SMARTS) is 1. The summed E-state index contributed by atoms with van der Waals surface area (Å²) < 4.78 is 0. The average molecular weight is 224 g/mol. The molecule has 0 saturated carbocycles. The molecule has 1 rings (SSSR count). The van der Waals surface area contributed by atoms with Crippen molar-refractivity contribution in [1.29, 1.82) is 0 Å². The van der Waals surface area contributed by atoms with Gasteiger partial charge in [-0.1, -0.05) is 5.92 Å². The van der Waals surface area contributed by atoms with Gasteiger partial charge in [0.15, 0.2) is 0 Å². The first-order valence-corrected chi connectivity index (χ1v) is 5.23. The number of amides is 2. The topological polar surface area (TPSA) is 69.6 Å². The second kappa shape index (κ2) is 4.88. The molecule has 1 heterocycles. The number of likely N-dealkylation sites (tertiary alicyclic amines) is 1. The number of aliphatic carboxylic acids is 1. The molecule has 1 aliphatic heterocycles. The molecule has 0 radical (unpaired) electrons. The number of nitrogens with zero attached hydrogens (tertiary/aromatic N) is 1. The van der Waals surface area contributed by atoms with Crippen molar-refractivity contribution in [1.82, 2.24) is 10.2 Å². The maximum Gasteiger partial charge on any atom is 0.318 e. The van der Waals surface area contributed by atoms with Crippen LogP contribution in [0.15, 0.2) is 0 Å². The van der Waals surface area contributed by atoms with Crippen molar-refractivity contribution in [2.45, 2.75) is 32.4 Å². The van der Waals surface area contributed by atoms with E-state index in [1.165, 1.54) is 4.90 Å². The molecule has 88 valence electrons. The van der Waals surface area contributed by atoms with Crippen molar-refractivity contribution < 1.29 is 14.7 Å². The monoisotopic (exact) mass is 224 g/mol. The molecule has 0 aromatic carbocycles. The Morgan fingerprint density at radius 1 is 1.62 bits per heavy atom. The van der Waals surface area contributed by atoms with E-state index in [1.807, 2.05) is 0 Å². The summed E-state index contributed by atoms with van der Waals surface area (Å²) in [5.74, 6) is 1.06. The first-order chi connectivity index (χ1) is 7.47. The molecule has 0 bridgehead atoms. The maximum absolute atomic E-state index is 11.7. The second-order valence-corrected chi connectivity index (χ2v) is 4.01. The van der Waals surface area contributed by atoms with Crippen LogP contribution < -0.4 is 5.32 Å². The van der Waals surface area contributed by atoms with Crippen molar-refractivity contribution in [3.8, 4) is 12.3 Å². The Labute approximate surface area is 94.8 Å². The maximum atomic E-state index is 11.7. The number of carbonyl (C=O) groups excluding carboxylic acids is 1. The summed E-state index contributed by atoms with van der Waals surface area (Å²) in [4.78, 5) is 24.1. The van der Waals surface area contributed by atoms with E-state index in [2.05, 4.69) is 11.2 Å². The van der Waals surface area contributed by atoms with Crippen molar-refractivity contribution >= 4 is 12.0 Å². The SMILES string of the molecule is C#CC(C)NC(=O)N1CCC(C(=O)O)C1C. The summed E-state index contributed by atoms with van der Waals surface area (Å²) in [6.07, 6.45) is 5.65. The van der Waals surface area contributed by atoms with Crippen molar-refractivity contribution in [2.24, 2.45) is 5.92 Å². The summed E-state index contributed by atoms with van der Waals surface area (Å²) >= 11 is 0. The Morgan fingerprint density at radius 2 is 2.25 bits per heavy atom. The molecule has 2 amide bonds. The minimum atomic E-state index is -0.854. The van der Waals surface area contributed by atoms with E-state index in [4.69, 9.17) is 11.5 Å². The molecule has 0 aromatic rings. The van der Waals surface area contributed by atoms with E-state index in [0.717, 1.165) is 0 Å². The van der Waals surface area contributed by atoms with Crippen LogP contribution in [0.25, 0.3) is 0 Å². The zero-order chi connectivity index (χ0) is 12.3. The quantitative estimate of drug-likeness (QED) is 0.671. The molecule has 1 aliphatic rings. The Balaban J connectivity index is 2.60. The highest BCUT2D eigenvalue weighted by molar-refractivity contribution is 5.78. The Morgan fingerprint density at radius 3 is 2.69 bits per heavy atom. The fourth-order valence-corrected chi connectivity index (χ4v) is 1.87. The van der Waals surface area contributed by atoms with E-state index in [9.17, 15) is 9.59 Å². The highest BCUT2D eigenvalue weighted by Crippen LogP contribution is 2.24. The lowest BCUT2D eigenvalue weighted by atomic mass is 10.0. The van der Waals surface area contributed by atoms with Gasteiger partial charge in [-0.25, -0.2) is 4.79 Å². The van der Waals surface area contributed by atoms with Gasteiger partial charge in [0.2, 0.25) is 0 Å². The smallest absolute Gasteiger partial charge is 0.318 e. The molecule has 5 heteroatoms. The minimum absolute atomic E-state index is 0.289. The molecule has 1 fully saturated rings. The highest BCUT2D eigenvalue weighted by Gasteiger charge is 2.38. The Kier molecular flexibility index (Phi) is 3.78. The zero-order valence-electron chi connectivity index (χ0n) is 9.43. The van der Waals surface area contributed by atoms with Crippen molar-refractivity contribution in [3.05, 3.63) is 0 Å². The lowest BCUT2D eigenvalue weighted by molar-refractivity contribution is -0.142. The second-order valence-electron chi connectivity index (χ2n) is 4.01. The molecule has 0 spiro atoms. The van der Waals surface area contributed by atoms with Gasteiger partial charge in [0.1, 0.15) is 0 Å². The van der Waals surface area contributed by atoms with Crippen LogP contribution in [0.3, 0.4) is 0 Å². The van der Waals surface area contributed by atoms with Crippen LogP contribution in [0.5, 0.6) is 0 Å². The standard InChI is InChI=1S/C11H16N2O3/c1-4-7(2)12-11(16)13-6-5-9(8(13)3)10(14)15/h1,7-9H,5-6H2,2-3H3,(H,12,16)(H,14,15). The summed E-state index contributed by atoms with van der Waals surface area (Å²) in [5, 5.41) is 11.5. The van der Waals surface area contributed by atoms with Crippen LogP contribution in [0.1, 0.15) is 20.3 Å². The predicted molar refractivity (Wildman–Crippen MR) is 58.7 cm³/mol. The minimum Gasteiger partial charge on any atom is -0.481 e. The number of hydrogen-bond acceptors (Lipinski definition) is 2. The fourth-order valence-electron chi connectivity index (χ4n) is 1.87. The van der Waals surface area contributed by atoms with Crippen LogP contribution in [0.4, 0.5) is 4.79 Å². The molecule has 2 N–H and O–H groups in total. The largest absolute Gasteiger partial charge is 0.481 e. The third kappa shape index (κ3) is 2.45. The highest BCUT2D eigenvalue weighted by atomic mass is 16.4. The van der Waals surface area contributed by atoms with Crippen molar-refractivity contribution in [3.63, 3.8) is 0 Å². The number of carboxylic acids is 1. The molecule has 0 aromatic heterocycles. The summed E-state index contributed by atoms with van der Waals surface area (Å²) in [6.45, 7) is 3.90. The molecule has 0 aliphatic carbocycles. The molecule has 1 saturated heterocycles. The van der Waals surface area contributed by atoms with Gasteiger partial charge < -0.3 is 15.3 Å². The third-order valence-electron chi connectivity index (χ3n) is 2.92. The molecule has 5 nitrogen and oxygen atoms in total. The van der Waals surface area contributed by atoms with Crippen LogP contribution in [0.2, 0.25) is 0 Å². The van der Waals surface area contributed by atoms with Gasteiger partial charge in [0.25, 0.3) is 0 Å². The molecule has 3 unspecified atom stereocenters. The lowest BCUT2D eigenvalue weighted by Gasteiger charge is -2.24. The van der Waals surface area contributed by atoms with Gasteiger partial charge in [-0.15, -0.1) is 6.42 Å². The number of urea groups is 1. The number of carbonyl (C=O) groups is 2. The van der Waals surface area contributed by atoms with E-state index >= 15 is 0 Å². The first-order valence-electron chi connectivity index (χ1n) is 5.23. The van der Waals surface area contributed by atoms with E-state index in [1.54, 1.807) is 13.8 Å². The normalized spacial score (nSPS) is 25.9. The number of rotatable bonds is 2. The van der Waals surface area contributed by atoms with E-state index in [0.29, 0.717) is 13.0 Å². The number of hydrogen-bond donors (Lipinski definition) is 2. The molecule has 16 heavy (non-hydrogen) atoms. The van der Waals surface area contributed by atoms with Crippen LogP contribution >= 0.6 is 0 Å². The van der Waals surface area contributed by atoms with Crippen LogP contribution in [0, 0.1) is 18.3 Å². The number of nitrogens with one attached hydrogen (secondary N) is 1. The zero-order valence-corrected chi connectivity index (χ0v) is 9.43. The van der Waals surface area contributed by atoms with Gasteiger partial charge in [-0.2, -0.15) is 0 Å². The lowest BCUT2D eigenvalue weighted by Crippen LogP contribution is -2.46. The Hall–Kier alpha value is -1.70. The summed E-state index contributed by atoms with van der Waals surface area (Å²) in [5.41, 5.74) is 0. The average Bonchev–Trinajstić information content (AvgIpc) is 2.59. The van der Waals surface area contributed by atoms with Gasteiger partial charge in [0.05, 0.1) is 12.0 Å². The van der Waals surface area contributed by atoms with Gasteiger partial charge in [-0.3, -0.25) is 4.79 Å². The molecular formula is C11H16N2O3. The van der Waals surface area contributed by atoms with E-state index in [-0.39, 0.29) is 18.1 Å². The Bertz CT molecular complexity index is 335. The van der Waals surface area contributed by atoms with Gasteiger partial charge in [-0.05, 0) is 20.3 Å². The number of terminal acetylenes is 1. The fraction of sp³-hybridized carbons (Fsp3) is 0.636. The summed E-state index contributed by atoms with van der Waals surface area (Å²) in [7, 11) is 0. The van der Waals surface area contributed by atoms with Gasteiger partial charge >= 0.3 is 12.0 Å². The molecular weight excluding hydrogens is 208 g/mol. The predicted octanol–water partition coefficient (Wildman–Crippen LogP) is 0.513. The third-order valence-corrected chi connectivity index (χ3v) is 2.92.